The Balaban J connectivity index is 2.35. The highest BCUT2D eigenvalue weighted by Gasteiger charge is 2.17. The van der Waals surface area contributed by atoms with Gasteiger partial charge in [-0.25, -0.2) is 14.2 Å². The number of pyridine rings is 1. The fourth-order valence-corrected chi connectivity index (χ4v) is 1.72. The molecule has 110 valence electrons. The molecule has 0 spiro atoms. The molecular formula is C15H15FN2O3. The Hall–Kier alpha value is -2.63. The van der Waals surface area contributed by atoms with Crippen LogP contribution in [-0.2, 0) is 4.74 Å². The molecule has 1 aromatic heterocycles. The molecule has 6 heteroatoms. The zero-order valence-electron chi connectivity index (χ0n) is 11.7. The summed E-state index contributed by atoms with van der Waals surface area (Å²) in [5, 5.41) is 0. The average Bonchev–Trinajstić information content (AvgIpc) is 2.45. The monoisotopic (exact) mass is 290 g/mol. The van der Waals surface area contributed by atoms with Crippen LogP contribution in [0.5, 0.6) is 11.6 Å². The molecule has 0 atom stereocenters. The first-order valence-electron chi connectivity index (χ1n) is 6.38. The van der Waals surface area contributed by atoms with Gasteiger partial charge in [0, 0.05) is 6.20 Å². The largest absolute Gasteiger partial charge is 0.462 e. The van der Waals surface area contributed by atoms with Crippen molar-refractivity contribution in [2.24, 2.45) is 0 Å². The Bertz CT molecular complexity index is 674. The molecule has 0 aliphatic rings. The van der Waals surface area contributed by atoms with E-state index in [9.17, 15) is 9.18 Å². The number of nitrogens with zero attached hydrogens (tertiary/aromatic N) is 1. The lowest BCUT2D eigenvalue weighted by Crippen LogP contribution is -2.09. The molecule has 0 aliphatic carbocycles. The summed E-state index contributed by atoms with van der Waals surface area (Å²) >= 11 is 0. The summed E-state index contributed by atoms with van der Waals surface area (Å²) in [6.07, 6.45) is 1.35. The molecule has 2 rings (SSSR count). The van der Waals surface area contributed by atoms with Crippen LogP contribution < -0.4 is 10.5 Å². The van der Waals surface area contributed by atoms with Gasteiger partial charge < -0.3 is 15.2 Å². The second-order valence-electron chi connectivity index (χ2n) is 4.33. The van der Waals surface area contributed by atoms with E-state index < -0.39 is 11.8 Å². The summed E-state index contributed by atoms with van der Waals surface area (Å²) < 4.78 is 23.9. The lowest BCUT2D eigenvalue weighted by Gasteiger charge is -2.11. The zero-order valence-corrected chi connectivity index (χ0v) is 11.7. The van der Waals surface area contributed by atoms with E-state index in [1.807, 2.05) is 0 Å². The third kappa shape index (κ3) is 3.28. The lowest BCUT2D eigenvalue weighted by molar-refractivity contribution is 0.0527. The molecule has 21 heavy (non-hydrogen) atoms. The molecule has 1 aromatic carbocycles. The molecule has 0 unspecified atom stereocenters. The van der Waals surface area contributed by atoms with Gasteiger partial charge in [-0.15, -0.1) is 0 Å². The number of anilines is 1. The number of hydrogen-bond donors (Lipinski definition) is 1. The molecule has 0 saturated carbocycles. The highest BCUT2D eigenvalue weighted by molar-refractivity contribution is 5.96. The fourth-order valence-electron chi connectivity index (χ4n) is 1.72. The van der Waals surface area contributed by atoms with E-state index >= 15 is 0 Å². The summed E-state index contributed by atoms with van der Waals surface area (Å²) in [7, 11) is 0. The van der Waals surface area contributed by atoms with E-state index in [1.165, 1.54) is 24.4 Å². The fraction of sp³-hybridized carbons (Fsp3) is 0.200. The van der Waals surface area contributed by atoms with Crippen LogP contribution in [0.2, 0.25) is 0 Å². The number of hydrogen-bond acceptors (Lipinski definition) is 5. The van der Waals surface area contributed by atoms with Gasteiger partial charge in [-0.1, -0.05) is 6.07 Å². The van der Waals surface area contributed by atoms with Crippen LogP contribution in [0, 0.1) is 12.7 Å². The average molecular weight is 290 g/mol. The maximum Gasteiger partial charge on any atom is 0.340 e. The van der Waals surface area contributed by atoms with Crippen molar-refractivity contribution in [2.75, 3.05) is 12.3 Å². The highest BCUT2D eigenvalue weighted by atomic mass is 19.1. The summed E-state index contributed by atoms with van der Waals surface area (Å²) in [6.45, 7) is 3.72. The topological polar surface area (TPSA) is 74.4 Å². The van der Waals surface area contributed by atoms with Crippen molar-refractivity contribution in [1.82, 2.24) is 4.98 Å². The number of aromatic nitrogens is 1. The van der Waals surface area contributed by atoms with Crippen molar-refractivity contribution in [3.05, 3.63) is 47.4 Å². The van der Waals surface area contributed by atoms with Crippen LogP contribution >= 0.6 is 0 Å². The van der Waals surface area contributed by atoms with Gasteiger partial charge in [0.1, 0.15) is 5.69 Å². The quantitative estimate of drug-likeness (QED) is 0.876. The summed E-state index contributed by atoms with van der Waals surface area (Å²) in [6, 6.07) is 5.85. The first-order chi connectivity index (χ1) is 10.0. The third-order valence-electron chi connectivity index (χ3n) is 2.74. The number of halogens is 1. The van der Waals surface area contributed by atoms with Crippen LogP contribution in [-0.4, -0.2) is 17.6 Å². The molecule has 0 bridgehead atoms. The minimum atomic E-state index is -0.577. The van der Waals surface area contributed by atoms with Crippen molar-refractivity contribution >= 4 is 11.7 Å². The van der Waals surface area contributed by atoms with Crippen molar-refractivity contribution in [3.63, 3.8) is 0 Å². The Labute approximate surface area is 121 Å². The summed E-state index contributed by atoms with van der Waals surface area (Å²) in [4.78, 5) is 15.7. The normalized spacial score (nSPS) is 10.2. The maximum absolute atomic E-state index is 13.7. The molecule has 0 saturated heterocycles. The molecule has 5 nitrogen and oxygen atoms in total. The SMILES string of the molecule is CCOC(=O)c1ccnc(Oc2cc(C)ccc2F)c1N. The molecule has 0 amide bonds. The number of rotatable bonds is 4. The van der Waals surface area contributed by atoms with Gasteiger partial charge in [0.05, 0.1) is 12.2 Å². The molecular weight excluding hydrogens is 275 g/mol. The van der Waals surface area contributed by atoms with Crippen LogP contribution in [0.15, 0.2) is 30.5 Å². The van der Waals surface area contributed by atoms with Gasteiger partial charge in [0.25, 0.3) is 0 Å². The minimum absolute atomic E-state index is 0.00444. The third-order valence-corrected chi connectivity index (χ3v) is 2.74. The smallest absolute Gasteiger partial charge is 0.340 e. The molecule has 2 N–H and O–H groups in total. The van der Waals surface area contributed by atoms with E-state index in [2.05, 4.69) is 4.98 Å². The van der Waals surface area contributed by atoms with Gasteiger partial charge in [-0.3, -0.25) is 0 Å². The Morgan fingerprint density at radius 1 is 1.38 bits per heavy atom. The van der Waals surface area contributed by atoms with Crippen LogP contribution in [0.4, 0.5) is 10.1 Å². The first-order valence-corrected chi connectivity index (χ1v) is 6.38. The molecule has 1 heterocycles. The first kappa shape index (κ1) is 14.8. The van der Waals surface area contributed by atoms with E-state index in [-0.39, 0.29) is 29.5 Å². The molecule has 0 radical (unpaired) electrons. The van der Waals surface area contributed by atoms with Gasteiger partial charge >= 0.3 is 5.97 Å². The zero-order chi connectivity index (χ0) is 15.4. The van der Waals surface area contributed by atoms with Gasteiger partial charge in [-0.2, -0.15) is 0 Å². The van der Waals surface area contributed by atoms with Crippen molar-refractivity contribution in [3.8, 4) is 11.6 Å². The number of nitrogens with two attached hydrogens (primary N) is 1. The number of carbonyl (C=O) groups excluding carboxylic acids is 1. The molecule has 2 aromatic rings. The van der Waals surface area contributed by atoms with Gasteiger partial charge in [-0.05, 0) is 37.6 Å². The van der Waals surface area contributed by atoms with E-state index in [0.29, 0.717) is 0 Å². The summed E-state index contributed by atoms with van der Waals surface area (Å²) in [5.74, 6) is -1.16. The number of ether oxygens (including phenoxy) is 2. The van der Waals surface area contributed by atoms with Crippen LogP contribution in [0.25, 0.3) is 0 Å². The standard InChI is InChI=1S/C15H15FN2O3/c1-3-20-15(19)10-6-7-18-14(13(10)17)21-12-8-9(2)4-5-11(12)16/h4-8H,3,17H2,1-2H3. The number of nitrogen functional groups attached to an aromatic ring is 1. The Morgan fingerprint density at radius 2 is 2.14 bits per heavy atom. The van der Waals surface area contributed by atoms with E-state index in [1.54, 1.807) is 19.9 Å². The lowest BCUT2D eigenvalue weighted by atomic mass is 10.2. The highest BCUT2D eigenvalue weighted by Crippen LogP contribution is 2.30. The number of aryl methyl sites for hydroxylation is 1. The molecule has 0 fully saturated rings. The minimum Gasteiger partial charge on any atom is -0.462 e. The maximum atomic E-state index is 13.7. The second kappa shape index (κ2) is 6.21. The van der Waals surface area contributed by atoms with Crippen molar-refractivity contribution in [2.45, 2.75) is 13.8 Å². The number of esters is 1. The number of carbonyl (C=O) groups is 1. The summed E-state index contributed by atoms with van der Waals surface area (Å²) in [5.41, 5.74) is 6.81. The predicted molar refractivity (Wildman–Crippen MR) is 75.8 cm³/mol. The van der Waals surface area contributed by atoms with E-state index in [0.717, 1.165) is 5.56 Å². The predicted octanol–water partition coefficient (Wildman–Crippen LogP) is 3.08. The Kier molecular flexibility index (Phi) is 4.37. The van der Waals surface area contributed by atoms with Crippen LogP contribution in [0.3, 0.4) is 0 Å². The van der Waals surface area contributed by atoms with Crippen molar-refractivity contribution in [1.29, 1.82) is 0 Å². The Morgan fingerprint density at radius 3 is 2.86 bits per heavy atom. The number of benzene rings is 1. The molecule has 0 aliphatic heterocycles. The van der Waals surface area contributed by atoms with Crippen LogP contribution in [0.1, 0.15) is 22.8 Å². The van der Waals surface area contributed by atoms with Gasteiger partial charge in [0.2, 0.25) is 5.88 Å². The van der Waals surface area contributed by atoms with Gasteiger partial charge in [0.15, 0.2) is 11.6 Å². The second-order valence-corrected chi connectivity index (χ2v) is 4.33. The van der Waals surface area contributed by atoms with Crippen molar-refractivity contribution < 1.29 is 18.7 Å². The van der Waals surface area contributed by atoms with E-state index in [4.69, 9.17) is 15.2 Å².